The van der Waals surface area contributed by atoms with Gasteiger partial charge in [-0.05, 0) is 43.4 Å². The lowest BCUT2D eigenvalue weighted by atomic mass is 9.85. The molecule has 2 fully saturated rings. The minimum Gasteiger partial charge on any atom is -0.469 e. The number of hydrogen-bond acceptors (Lipinski definition) is 6. The predicted octanol–water partition coefficient (Wildman–Crippen LogP) is 3.26. The van der Waals surface area contributed by atoms with Crippen molar-refractivity contribution in [3.05, 3.63) is 59.8 Å². The Hall–Kier alpha value is -3.33. The van der Waals surface area contributed by atoms with Crippen molar-refractivity contribution in [1.29, 1.82) is 5.41 Å². The van der Waals surface area contributed by atoms with Crippen molar-refractivity contribution < 1.29 is 14.3 Å². The van der Waals surface area contributed by atoms with Crippen molar-refractivity contribution in [2.24, 2.45) is 11.7 Å². The quantitative estimate of drug-likeness (QED) is 0.347. The number of urea groups is 1. The molecule has 1 aliphatic heterocycles. The number of esters is 1. The first-order valence-electron chi connectivity index (χ1n) is 12.2. The highest BCUT2D eigenvalue weighted by atomic mass is 35.5. The molecule has 1 aliphatic carbocycles. The number of rotatable bonds is 6. The van der Waals surface area contributed by atoms with Gasteiger partial charge < -0.3 is 25.2 Å². The second kappa shape index (κ2) is 12.6. The smallest absolute Gasteiger partial charge is 0.320 e. The first kappa shape index (κ1) is 27.3. The Balaban J connectivity index is 0.00000361. The lowest BCUT2D eigenvalue weighted by Gasteiger charge is -2.42. The molecule has 36 heavy (non-hydrogen) atoms. The van der Waals surface area contributed by atoms with Crippen LogP contribution in [-0.2, 0) is 16.1 Å². The molecule has 0 unspecified atom stereocenters. The number of nitrogens with one attached hydrogen (secondary N) is 1. The number of aromatic nitrogens is 1. The SMILES string of the molecule is COC(=O)C1CCC(N(Cc2ccccc2)C(=O)N2CCN(c3ccc(C(=N)N)cn3)CC2)CC1.Cl. The molecule has 10 heteroatoms. The van der Waals surface area contributed by atoms with Crippen molar-refractivity contribution in [2.45, 2.75) is 38.3 Å². The molecule has 2 aliphatic rings. The lowest BCUT2D eigenvalue weighted by Crippen LogP contribution is -2.55. The number of anilines is 1. The third-order valence-electron chi connectivity index (χ3n) is 7.05. The molecule has 0 atom stereocenters. The van der Waals surface area contributed by atoms with E-state index in [9.17, 15) is 9.59 Å². The van der Waals surface area contributed by atoms with Crippen LogP contribution in [0.15, 0.2) is 48.7 Å². The molecule has 2 aromatic rings. The van der Waals surface area contributed by atoms with E-state index in [4.69, 9.17) is 15.9 Å². The molecule has 4 rings (SSSR count). The van der Waals surface area contributed by atoms with Crippen molar-refractivity contribution in [2.75, 3.05) is 38.2 Å². The maximum absolute atomic E-state index is 13.7. The fraction of sp³-hybridized carbons (Fsp3) is 0.462. The number of carbonyl (C=O) groups is 2. The van der Waals surface area contributed by atoms with E-state index in [1.165, 1.54) is 7.11 Å². The van der Waals surface area contributed by atoms with Gasteiger partial charge in [0.25, 0.3) is 0 Å². The minimum absolute atomic E-state index is 0. The Bertz CT molecular complexity index is 1020. The number of nitrogens with two attached hydrogens (primary N) is 1. The fourth-order valence-corrected chi connectivity index (χ4v) is 4.96. The van der Waals surface area contributed by atoms with Gasteiger partial charge in [-0.3, -0.25) is 10.2 Å². The number of amidine groups is 1. The Morgan fingerprint density at radius 2 is 1.72 bits per heavy atom. The summed E-state index contributed by atoms with van der Waals surface area (Å²) in [6.45, 7) is 3.15. The fourth-order valence-electron chi connectivity index (χ4n) is 4.96. The summed E-state index contributed by atoms with van der Waals surface area (Å²) in [6, 6.07) is 13.9. The molecule has 9 nitrogen and oxygen atoms in total. The number of piperazine rings is 1. The number of benzene rings is 1. The third-order valence-corrected chi connectivity index (χ3v) is 7.05. The molecule has 1 aromatic carbocycles. The van der Waals surface area contributed by atoms with Crippen molar-refractivity contribution >= 4 is 36.1 Å². The van der Waals surface area contributed by atoms with Crippen LogP contribution in [0.3, 0.4) is 0 Å². The number of pyridine rings is 1. The van der Waals surface area contributed by atoms with Gasteiger partial charge in [-0.1, -0.05) is 30.3 Å². The molecule has 2 heterocycles. The van der Waals surface area contributed by atoms with Gasteiger partial charge in [-0.25, -0.2) is 9.78 Å². The Morgan fingerprint density at radius 3 is 2.28 bits per heavy atom. The summed E-state index contributed by atoms with van der Waals surface area (Å²) in [5, 5.41) is 7.52. The molecule has 2 amide bonds. The van der Waals surface area contributed by atoms with E-state index >= 15 is 0 Å². The highest BCUT2D eigenvalue weighted by molar-refractivity contribution is 5.94. The van der Waals surface area contributed by atoms with E-state index in [2.05, 4.69) is 22.0 Å². The molecule has 0 spiro atoms. The van der Waals surface area contributed by atoms with Gasteiger partial charge in [0.05, 0.1) is 13.0 Å². The Kier molecular flexibility index (Phi) is 9.52. The van der Waals surface area contributed by atoms with Crippen LogP contribution in [0.2, 0.25) is 0 Å². The summed E-state index contributed by atoms with van der Waals surface area (Å²) in [7, 11) is 1.44. The van der Waals surface area contributed by atoms with E-state index in [-0.39, 0.29) is 42.2 Å². The summed E-state index contributed by atoms with van der Waals surface area (Å²) < 4.78 is 4.93. The van der Waals surface area contributed by atoms with Gasteiger partial charge in [0.1, 0.15) is 11.7 Å². The van der Waals surface area contributed by atoms with Crippen LogP contribution >= 0.6 is 12.4 Å². The van der Waals surface area contributed by atoms with Crippen LogP contribution < -0.4 is 10.6 Å². The largest absolute Gasteiger partial charge is 0.469 e. The number of halogens is 1. The van der Waals surface area contributed by atoms with Crippen LogP contribution in [0, 0.1) is 11.3 Å². The maximum Gasteiger partial charge on any atom is 0.320 e. The number of amides is 2. The first-order valence-corrected chi connectivity index (χ1v) is 12.2. The molecular weight excluding hydrogens is 480 g/mol. The molecule has 0 bridgehead atoms. The summed E-state index contributed by atoms with van der Waals surface area (Å²) in [6.07, 6.45) is 4.69. The summed E-state index contributed by atoms with van der Waals surface area (Å²) in [4.78, 5) is 36.2. The van der Waals surface area contributed by atoms with Crippen LogP contribution in [0.4, 0.5) is 10.6 Å². The predicted molar refractivity (Wildman–Crippen MR) is 141 cm³/mol. The summed E-state index contributed by atoms with van der Waals surface area (Å²) >= 11 is 0. The highest BCUT2D eigenvalue weighted by Crippen LogP contribution is 2.30. The van der Waals surface area contributed by atoms with Gasteiger partial charge in [-0.15, -0.1) is 12.4 Å². The van der Waals surface area contributed by atoms with E-state index < -0.39 is 0 Å². The van der Waals surface area contributed by atoms with Crippen LogP contribution in [0.25, 0.3) is 0 Å². The van der Waals surface area contributed by atoms with Gasteiger partial charge in [0, 0.05) is 50.5 Å². The van der Waals surface area contributed by atoms with Gasteiger partial charge in [0.15, 0.2) is 0 Å². The minimum atomic E-state index is -0.148. The van der Waals surface area contributed by atoms with E-state index in [1.54, 1.807) is 12.3 Å². The molecule has 1 saturated carbocycles. The zero-order valence-electron chi connectivity index (χ0n) is 20.6. The second-order valence-corrected chi connectivity index (χ2v) is 9.22. The molecule has 194 valence electrons. The monoisotopic (exact) mass is 514 g/mol. The van der Waals surface area contributed by atoms with Crippen molar-refractivity contribution in [3.8, 4) is 0 Å². The number of hydrogen-bond donors (Lipinski definition) is 2. The Morgan fingerprint density at radius 1 is 1.06 bits per heavy atom. The number of carbonyl (C=O) groups excluding carboxylic acids is 2. The van der Waals surface area contributed by atoms with Crippen molar-refractivity contribution in [1.82, 2.24) is 14.8 Å². The molecule has 3 N–H and O–H groups in total. The number of ether oxygens (including phenoxy) is 1. The molecule has 1 saturated heterocycles. The number of nitrogens with zero attached hydrogens (tertiary/aromatic N) is 4. The highest BCUT2D eigenvalue weighted by Gasteiger charge is 2.34. The number of methoxy groups -OCH3 is 1. The zero-order valence-corrected chi connectivity index (χ0v) is 21.5. The molecule has 0 radical (unpaired) electrons. The maximum atomic E-state index is 13.7. The van der Waals surface area contributed by atoms with Gasteiger partial charge >= 0.3 is 12.0 Å². The first-order chi connectivity index (χ1) is 17.0. The van der Waals surface area contributed by atoms with Crippen LogP contribution in [-0.4, -0.2) is 72.0 Å². The van der Waals surface area contributed by atoms with E-state index in [1.807, 2.05) is 34.1 Å². The summed E-state index contributed by atoms with van der Waals surface area (Å²) in [5.74, 6) is 0.601. The molecular formula is C26H35ClN6O3. The topological polar surface area (TPSA) is 116 Å². The van der Waals surface area contributed by atoms with Crippen molar-refractivity contribution in [3.63, 3.8) is 0 Å². The van der Waals surface area contributed by atoms with Crippen LogP contribution in [0.1, 0.15) is 36.8 Å². The lowest BCUT2D eigenvalue weighted by molar-refractivity contribution is -0.146. The average Bonchev–Trinajstić information content (AvgIpc) is 2.92. The molecule has 1 aromatic heterocycles. The van der Waals surface area contributed by atoms with Gasteiger partial charge in [0.2, 0.25) is 0 Å². The second-order valence-electron chi connectivity index (χ2n) is 9.22. The third kappa shape index (κ3) is 6.46. The van der Waals surface area contributed by atoms with E-state index in [0.717, 1.165) is 37.1 Å². The van der Waals surface area contributed by atoms with E-state index in [0.29, 0.717) is 38.3 Å². The standard InChI is InChI=1S/C26H34N6O3.ClH/c1-35-25(33)20-7-10-22(11-8-20)32(18-19-5-3-2-4-6-19)26(34)31-15-13-30(14-16-31)23-12-9-21(17-29-23)24(27)28;/h2-6,9,12,17,20,22H,7-8,10-11,13-16,18H2,1H3,(H3,27,28);1H. The zero-order chi connectivity index (χ0) is 24.8. The average molecular weight is 515 g/mol. The Labute approximate surface area is 218 Å². The normalized spacial score (nSPS) is 19.7. The number of nitrogen functional groups attached to an aromatic ring is 1. The van der Waals surface area contributed by atoms with Gasteiger partial charge in [-0.2, -0.15) is 0 Å². The van der Waals surface area contributed by atoms with Crippen LogP contribution in [0.5, 0.6) is 0 Å². The summed E-state index contributed by atoms with van der Waals surface area (Å²) in [5.41, 5.74) is 7.23.